The first-order chi connectivity index (χ1) is 11.8. The first-order valence-electron chi connectivity index (χ1n) is 9.61. The molecule has 0 radical (unpaired) electrons. The lowest BCUT2D eigenvalue weighted by Gasteiger charge is -2.37. The molecule has 4 heteroatoms. The van der Waals surface area contributed by atoms with Gasteiger partial charge < -0.3 is 9.80 Å². The minimum Gasteiger partial charge on any atom is -0.369 e. The summed E-state index contributed by atoms with van der Waals surface area (Å²) >= 11 is 0. The predicted molar refractivity (Wildman–Crippen MR) is 99.5 cm³/mol. The molecule has 0 aliphatic carbocycles. The van der Waals surface area contributed by atoms with Gasteiger partial charge >= 0.3 is 0 Å². The normalized spacial score (nSPS) is 19.8. The van der Waals surface area contributed by atoms with Gasteiger partial charge in [0, 0.05) is 51.4 Å². The number of aryl methyl sites for hydroxylation is 1. The van der Waals surface area contributed by atoms with E-state index >= 15 is 0 Å². The van der Waals surface area contributed by atoms with Crippen LogP contribution in [-0.2, 0) is 11.2 Å². The summed E-state index contributed by atoms with van der Waals surface area (Å²) in [6.45, 7) is 9.75. The number of hydrogen-bond donors (Lipinski definition) is 0. The van der Waals surface area contributed by atoms with Crippen LogP contribution in [0.25, 0.3) is 0 Å². The molecule has 1 amide bonds. The fraction of sp³-hybridized carbons (Fsp3) is 0.650. The molecule has 2 saturated heterocycles. The van der Waals surface area contributed by atoms with E-state index in [0.29, 0.717) is 5.91 Å². The van der Waals surface area contributed by atoms with Gasteiger partial charge in [-0.15, -0.1) is 0 Å². The van der Waals surface area contributed by atoms with Gasteiger partial charge in [-0.05, 0) is 43.9 Å². The molecule has 0 bridgehead atoms. The van der Waals surface area contributed by atoms with Gasteiger partial charge in [-0.2, -0.15) is 0 Å². The maximum atomic E-state index is 11.8. The molecular weight excluding hydrogens is 298 g/mol. The lowest BCUT2D eigenvalue weighted by Crippen LogP contribution is -2.47. The Balaban J connectivity index is 1.41. The van der Waals surface area contributed by atoms with Gasteiger partial charge in [0.25, 0.3) is 0 Å². The molecule has 0 aromatic heterocycles. The molecule has 1 aromatic rings. The van der Waals surface area contributed by atoms with Crippen molar-refractivity contribution in [2.45, 2.75) is 39.0 Å². The standard InChI is InChI=1S/C20H31N3O/c1-2-18-8-3-4-9-19(18)22-16-14-21(15-17-22)11-7-13-23-12-6-5-10-20(23)24/h3-4,8-9H,2,5-7,10-17H2,1H3. The largest absolute Gasteiger partial charge is 0.369 e. The zero-order valence-corrected chi connectivity index (χ0v) is 15.0. The Morgan fingerprint density at radius 1 is 0.958 bits per heavy atom. The fourth-order valence-corrected chi connectivity index (χ4v) is 3.91. The summed E-state index contributed by atoms with van der Waals surface area (Å²) in [6.07, 6.45) is 5.23. The molecule has 0 unspecified atom stereocenters. The Morgan fingerprint density at radius 3 is 2.50 bits per heavy atom. The highest BCUT2D eigenvalue weighted by atomic mass is 16.2. The zero-order valence-electron chi connectivity index (χ0n) is 15.0. The van der Waals surface area contributed by atoms with Crippen molar-refractivity contribution in [2.24, 2.45) is 0 Å². The van der Waals surface area contributed by atoms with Crippen LogP contribution in [0.1, 0.15) is 38.2 Å². The Bertz CT molecular complexity index is 537. The highest BCUT2D eigenvalue weighted by Gasteiger charge is 2.20. The van der Waals surface area contributed by atoms with Crippen molar-refractivity contribution in [3.05, 3.63) is 29.8 Å². The number of nitrogens with zero attached hydrogens (tertiary/aromatic N) is 3. The van der Waals surface area contributed by atoms with Crippen LogP contribution in [0.15, 0.2) is 24.3 Å². The van der Waals surface area contributed by atoms with E-state index < -0.39 is 0 Å². The number of carbonyl (C=O) groups excluding carboxylic acids is 1. The van der Waals surface area contributed by atoms with Crippen molar-refractivity contribution in [1.82, 2.24) is 9.80 Å². The fourth-order valence-electron chi connectivity index (χ4n) is 3.91. The monoisotopic (exact) mass is 329 g/mol. The van der Waals surface area contributed by atoms with Crippen molar-refractivity contribution in [3.8, 4) is 0 Å². The molecule has 2 aliphatic heterocycles. The molecule has 4 nitrogen and oxygen atoms in total. The smallest absolute Gasteiger partial charge is 0.222 e. The summed E-state index contributed by atoms with van der Waals surface area (Å²) in [5, 5.41) is 0. The topological polar surface area (TPSA) is 26.8 Å². The molecule has 0 N–H and O–H groups in total. The minimum absolute atomic E-state index is 0.363. The molecule has 24 heavy (non-hydrogen) atoms. The molecule has 0 atom stereocenters. The number of piperazine rings is 1. The van der Waals surface area contributed by atoms with E-state index in [1.54, 1.807) is 0 Å². The van der Waals surface area contributed by atoms with E-state index in [4.69, 9.17) is 0 Å². The van der Waals surface area contributed by atoms with Gasteiger partial charge in [-0.1, -0.05) is 25.1 Å². The second kappa shape index (κ2) is 8.52. The average molecular weight is 329 g/mol. The molecule has 3 rings (SSSR count). The van der Waals surface area contributed by atoms with Gasteiger partial charge in [0.2, 0.25) is 5.91 Å². The van der Waals surface area contributed by atoms with Crippen LogP contribution < -0.4 is 4.90 Å². The average Bonchev–Trinajstić information content (AvgIpc) is 2.64. The number of hydrogen-bond acceptors (Lipinski definition) is 3. The number of amides is 1. The van der Waals surface area contributed by atoms with Crippen LogP contribution in [0.5, 0.6) is 0 Å². The molecule has 2 fully saturated rings. The first kappa shape index (κ1) is 17.3. The van der Waals surface area contributed by atoms with Crippen LogP contribution in [0.2, 0.25) is 0 Å². The third-order valence-electron chi connectivity index (χ3n) is 5.41. The minimum atomic E-state index is 0.363. The van der Waals surface area contributed by atoms with Crippen molar-refractivity contribution >= 4 is 11.6 Å². The number of rotatable bonds is 6. The number of likely N-dealkylation sites (tertiary alicyclic amines) is 1. The second-order valence-corrected chi connectivity index (χ2v) is 7.00. The Labute approximate surface area is 146 Å². The molecule has 2 aliphatic rings. The van der Waals surface area contributed by atoms with Crippen molar-refractivity contribution in [3.63, 3.8) is 0 Å². The molecule has 2 heterocycles. The highest BCUT2D eigenvalue weighted by Crippen LogP contribution is 2.22. The summed E-state index contributed by atoms with van der Waals surface area (Å²) in [6, 6.07) is 8.80. The van der Waals surface area contributed by atoms with E-state index in [0.717, 1.165) is 71.5 Å². The SMILES string of the molecule is CCc1ccccc1N1CCN(CCCN2CCCCC2=O)CC1. The van der Waals surface area contributed by atoms with Crippen molar-refractivity contribution in [2.75, 3.05) is 50.7 Å². The Kier molecular flexibility index (Phi) is 6.13. The maximum Gasteiger partial charge on any atom is 0.222 e. The van der Waals surface area contributed by atoms with Crippen LogP contribution in [0.3, 0.4) is 0 Å². The second-order valence-electron chi connectivity index (χ2n) is 7.00. The van der Waals surface area contributed by atoms with E-state index in [1.807, 2.05) is 0 Å². The lowest BCUT2D eigenvalue weighted by atomic mass is 10.1. The molecule has 0 saturated carbocycles. The summed E-state index contributed by atoms with van der Waals surface area (Å²) in [7, 11) is 0. The van der Waals surface area contributed by atoms with E-state index in [2.05, 4.69) is 45.9 Å². The third-order valence-corrected chi connectivity index (χ3v) is 5.41. The van der Waals surface area contributed by atoms with Crippen LogP contribution in [0.4, 0.5) is 5.69 Å². The van der Waals surface area contributed by atoms with Gasteiger partial charge in [-0.25, -0.2) is 0 Å². The number of benzene rings is 1. The number of anilines is 1. The van der Waals surface area contributed by atoms with Crippen LogP contribution in [0, 0.1) is 0 Å². The van der Waals surface area contributed by atoms with Crippen molar-refractivity contribution in [1.29, 1.82) is 0 Å². The van der Waals surface area contributed by atoms with E-state index in [9.17, 15) is 4.79 Å². The van der Waals surface area contributed by atoms with Gasteiger partial charge in [0.05, 0.1) is 0 Å². The van der Waals surface area contributed by atoms with Gasteiger partial charge in [0.1, 0.15) is 0 Å². The molecular formula is C20H31N3O. The van der Waals surface area contributed by atoms with Crippen LogP contribution >= 0.6 is 0 Å². The van der Waals surface area contributed by atoms with Gasteiger partial charge in [0.15, 0.2) is 0 Å². The molecule has 0 spiro atoms. The Hall–Kier alpha value is -1.55. The summed E-state index contributed by atoms with van der Waals surface area (Å²) in [4.78, 5) is 19.0. The molecule has 132 valence electrons. The Morgan fingerprint density at radius 2 is 1.75 bits per heavy atom. The highest BCUT2D eigenvalue weighted by molar-refractivity contribution is 5.76. The summed E-state index contributed by atoms with van der Waals surface area (Å²) < 4.78 is 0. The first-order valence-corrected chi connectivity index (χ1v) is 9.61. The van der Waals surface area contributed by atoms with Crippen LogP contribution in [-0.4, -0.2) is 61.5 Å². The lowest BCUT2D eigenvalue weighted by molar-refractivity contribution is -0.133. The third kappa shape index (κ3) is 4.29. The number of carbonyl (C=O) groups is 1. The molecule has 1 aromatic carbocycles. The quantitative estimate of drug-likeness (QED) is 0.803. The number of para-hydroxylation sites is 1. The number of piperidine rings is 1. The van der Waals surface area contributed by atoms with E-state index in [1.165, 1.54) is 17.7 Å². The predicted octanol–water partition coefficient (Wildman–Crippen LogP) is 2.77. The summed E-state index contributed by atoms with van der Waals surface area (Å²) in [5.74, 6) is 0.363. The maximum absolute atomic E-state index is 11.8. The van der Waals surface area contributed by atoms with E-state index in [-0.39, 0.29) is 0 Å². The van der Waals surface area contributed by atoms with Gasteiger partial charge in [-0.3, -0.25) is 9.69 Å². The zero-order chi connectivity index (χ0) is 16.8. The van der Waals surface area contributed by atoms with Crippen molar-refractivity contribution < 1.29 is 4.79 Å². The summed E-state index contributed by atoms with van der Waals surface area (Å²) in [5.41, 5.74) is 2.87.